The summed E-state index contributed by atoms with van der Waals surface area (Å²) >= 11 is 3.44. The van der Waals surface area contributed by atoms with E-state index in [-0.39, 0.29) is 35.7 Å². The molecule has 1 spiro atoms. The van der Waals surface area contributed by atoms with Gasteiger partial charge in [0.1, 0.15) is 10.3 Å². The third-order valence-electron chi connectivity index (χ3n) is 7.29. The first-order valence-electron chi connectivity index (χ1n) is 12.6. The molecule has 2 aliphatic carbocycles. The summed E-state index contributed by atoms with van der Waals surface area (Å²) in [7, 11) is 0. The number of ketones is 1. The van der Waals surface area contributed by atoms with Gasteiger partial charge in [0.15, 0.2) is 17.5 Å². The number of ether oxygens (including phenoxy) is 1. The fourth-order valence-electron chi connectivity index (χ4n) is 5.44. The minimum absolute atomic E-state index is 0.0965. The molecule has 0 amide bonds. The van der Waals surface area contributed by atoms with Crippen molar-refractivity contribution in [3.63, 3.8) is 0 Å². The molecule has 200 valence electrons. The molecule has 38 heavy (non-hydrogen) atoms. The Morgan fingerprint density at radius 3 is 2.58 bits per heavy atom. The van der Waals surface area contributed by atoms with Crippen LogP contribution in [-0.2, 0) is 26.9 Å². The van der Waals surface area contributed by atoms with Crippen molar-refractivity contribution in [3.05, 3.63) is 54.0 Å². The van der Waals surface area contributed by atoms with E-state index in [1.165, 1.54) is 18.3 Å². The Kier molecular flexibility index (Phi) is 7.15. The fourth-order valence-corrected chi connectivity index (χ4v) is 6.44. The SMILES string of the molecule is CCOC(=O)[C@H](Cc1ccc(-n2c(C(F)(F)F)nc3cccnc32)cc1)N=C1C(Br)C(=O)C12CCCCC2. The van der Waals surface area contributed by atoms with Gasteiger partial charge in [0.2, 0.25) is 5.82 Å². The van der Waals surface area contributed by atoms with E-state index in [9.17, 15) is 22.8 Å². The van der Waals surface area contributed by atoms with Crippen molar-refractivity contribution in [1.29, 1.82) is 0 Å². The van der Waals surface area contributed by atoms with Gasteiger partial charge in [0.25, 0.3) is 0 Å². The molecule has 0 bridgehead atoms. The molecule has 2 fully saturated rings. The van der Waals surface area contributed by atoms with E-state index >= 15 is 0 Å². The zero-order valence-corrected chi connectivity index (χ0v) is 22.3. The Morgan fingerprint density at radius 2 is 1.92 bits per heavy atom. The highest BCUT2D eigenvalue weighted by Gasteiger charge is 2.58. The van der Waals surface area contributed by atoms with Gasteiger partial charge in [-0.05, 0) is 49.6 Å². The van der Waals surface area contributed by atoms with E-state index in [1.54, 1.807) is 31.2 Å². The molecule has 2 atom stereocenters. The lowest BCUT2D eigenvalue weighted by atomic mass is 9.58. The van der Waals surface area contributed by atoms with Gasteiger partial charge in [0.05, 0.1) is 12.0 Å². The van der Waals surface area contributed by atoms with Crippen molar-refractivity contribution < 1.29 is 27.5 Å². The molecule has 0 N–H and O–H groups in total. The van der Waals surface area contributed by atoms with E-state index in [1.807, 2.05) is 0 Å². The van der Waals surface area contributed by atoms with Crippen LogP contribution in [0.25, 0.3) is 16.9 Å². The highest BCUT2D eigenvalue weighted by molar-refractivity contribution is 9.10. The van der Waals surface area contributed by atoms with Crippen LogP contribution in [0.1, 0.15) is 50.4 Å². The molecule has 7 nitrogen and oxygen atoms in total. The Morgan fingerprint density at radius 1 is 1.21 bits per heavy atom. The summed E-state index contributed by atoms with van der Waals surface area (Å²) in [5.41, 5.74) is 1.26. The zero-order valence-electron chi connectivity index (χ0n) is 20.7. The number of carbonyl (C=O) groups excluding carboxylic acids is 2. The van der Waals surface area contributed by atoms with Crippen molar-refractivity contribution >= 4 is 44.6 Å². The van der Waals surface area contributed by atoms with E-state index in [2.05, 4.69) is 25.9 Å². The van der Waals surface area contributed by atoms with Crippen LogP contribution < -0.4 is 0 Å². The lowest BCUT2D eigenvalue weighted by molar-refractivity contribution is -0.146. The van der Waals surface area contributed by atoms with Crippen LogP contribution in [-0.4, -0.2) is 49.5 Å². The van der Waals surface area contributed by atoms with Crippen LogP contribution in [0.5, 0.6) is 0 Å². The zero-order chi connectivity index (χ0) is 27.1. The second kappa shape index (κ2) is 10.2. The molecular formula is C27H26BrF3N4O3. The second-order valence-electron chi connectivity index (χ2n) is 9.64. The summed E-state index contributed by atoms with van der Waals surface area (Å²) < 4.78 is 47.5. The average molecular weight is 591 g/mol. The number of benzene rings is 1. The van der Waals surface area contributed by atoms with Crippen LogP contribution in [0, 0.1) is 5.41 Å². The molecule has 5 rings (SSSR count). The number of hydrogen-bond donors (Lipinski definition) is 0. The number of Topliss-reactive ketones (excluding diaryl/α,β-unsaturated/α-hetero) is 1. The summed E-state index contributed by atoms with van der Waals surface area (Å²) in [5, 5.41) is 0. The van der Waals surface area contributed by atoms with Crippen molar-refractivity contribution in [2.75, 3.05) is 6.61 Å². The van der Waals surface area contributed by atoms with Gasteiger partial charge in [-0.1, -0.05) is 47.3 Å². The highest BCUT2D eigenvalue weighted by atomic mass is 79.9. The molecular weight excluding hydrogens is 565 g/mol. The van der Waals surface area contributed by atoms with Crippen molar-refractivity contribution in [1.82, 2.24) is 14.5 Å². The van der Waals surface area contributed by atoms with Gasteiger partial charge in [-0.25, -0.2) is 14.8 Å². The predicted octanol–water partition coefficient (Wildman–Crippen LogP) is 5.65. The molecule has 0 aliphatic heterocycles. The van der Waals surface area contributed by atoms with E-state index in [4.69, 9.17) is 9.73 Å². The quantitative estimate of drug-likeness (QED) is 0.273. The number of fused-ring (bicyclic) bond motifs is 1. The minimum Gasteiger partial charge on any atom is -0.464 e. The maximum atomic E-state index is 13.8. The Balaban J connectivity index is 1.46. The van der Waals surface area contributed by atoms with E-state index < -0.39 is 34.3 Å². The monoisotopic (exact) mass is 590 g/mol. The van der Waals surface area contributed by atoms with Crippen LogP contribution >= 0.6 is 15.9 Å². The first-order valence-corrected chi connectivity index (χ1v) is 13.5. The number of rotatable bonds is 6. The minimum atomic E-state index is -4.67. The number of carbonyl (C=O) groups is 2. The molecule has 2 saturated carbocycles. The van der Waals surface area contributed by atoms with Crippen molar-refractivity contribution in [2.24, 2.45) is 10.4 Å². The molecule has 3 aromatic rings. The van der Waals surface area contributed by atoms with Gasteiger partial charge >= 0.3 is 12.1 Å². The van der Waals surface area contributed by atoms with Crippen LogP contribution in [0.15, 0.2) is 47.6 Å². The first-order chi connectivity index (χ1) is 18.2. The maximum absolute atomic E-state index is 13.8. The van der Waals surface area contributed by atoms with Gasteiger partial charge in [-0.2, -0.15) is 13.2 Å². The number of esters is 1. The van der Waals surface area contributed by atoms with E-state index in [0.29, 0.717) is 11.3 Å². The average Bonchev–Trinajstić information content (AvgIpc) is 3.32. The maximum Gasteiger partial charge on any atom is 0.450 e. The Labute approximate surface area is 225 Å². The standard InChI is InChI=1S/C27H26BrF3N4O3/c1-2-38-24(37)19(33-21-20(28)22(36)26(21)12-4-3-5-13-26)15-16-8-10-17(11-9-16)35-23-18(7-6-14-32-23)34-25(35)27(29,30)31/h6-11,14,19-20H,2-5,12-13,15H2,1H3/t19-,20?/m0/s1. The number of imidazole rings is 1. The highest BCUT2D eigenvalue weighted by Crippen LogP contribution is 2.49. The number of aromatic nitrogens is 3. The van der Waals surface area contributed by atoms with Gasteiger partial charge < -0.3 is 4.74 Å². The van der Waals surface area contributed by atoms with Gasteiger partial charge in [0, 0.05) is 24.0 Å². The topological polar surface area (TPSA) is 86.4 Å². The summed E-state index contributed by atoms with van der Waals surface area (Å²) in [6.45, 7) is 1.89. The fraction of sp³-hybridized carbons (Fsp3) is 0.444. The number of alkyl halides is 4. The summed E-state index contributed by atoms with van der Waals surface area (Å²) in [6, 6.07) is 8.54. The Bertz CT molecular complexity index is 1390. The predicted molar refractivity (Wildman–Crippen MR) is 139 cm³/mol. The number of pyridine rings is 1. The number of nitrogens with zero attached hydrogens (tertiary/aromatic N) is 4. The second-order valence-corrected chi connectivity index (χ2v) is 10.6. The van der Waals surface area contributed by atoms with Crippen LogP contribution in [0.4, 0.5) is 13.2 Å². The molecule has 1 unspecified atom stereocenters. The van der Waals surface area contributed by atoms with Crippen LogP contribution in [0.2, 0.25) is 0 Å². The largest absolute Gasteiger partial charge is 0.464 e. The Hall–Kier alpha value is -3.08. The molecule has 1 aromatic carbocycles. The first kappa shape index (κ1) is 26.5. The molecule has 2 aliphatic rings. The summed E-state index contributed by atoms with van der Waals surface area (Å²) in [5.74, 6) is -1.45. The summed E-state index contributed by atoms with van der Waals surface area (Å²) in [6.07, 6.45) is 1.33. The summed E-state index contributed by atoms with van der Waals surface area (Å²) in [4.78, 5) is 37.7. The van der Waals surface area contributed by atoms with E-state index in [0.717, 1.165) is 36.7 Å². The molecule has 11 heteroatoms. The number of halogens is 4. The lowest BCUT2D eigenvalue weighted by Gasteiger charge is -2.47. The third kappa shape index (κ3) is 4.65. The number of aliphatic imine (C=N–C) groups is 1. The molecule has 0 radical (unpaired) electrons. The molecule has 0 saturated heterocycles. The van der Waals surface area contributed by atoms with Gasteiger partial charge in [-0.3, -0.25) is 14.4 Å². The molecule has 2 aromatic heterocycles. The van der Waals surface area contributed by atoms with Gasteiger partial charge in [-0.15, -0.1) is 0 Å². The lowest BCUT2D eigenvalue weighted by Crippen LogP contribution is -2.61. The third-order valence-corrected chi connectivity index (χ3v) is 8.14. The normalized spacial score (nSPS) is 21.0. The van der Waals surface area contributed by atoms with Crippen molar-refractivity contribution in [3.8, 4) is 5.69 Å². The smallest absolute Gasteiger partial charge is 0.450 e. The number of hydrogen-bond acceptors (Lipinski definition) is 6. The van der Waals surface area contributed by atoms with Crippen molar-refractivity contribution in [2.45, 2.75) is 62.5 Å². The molecule has 2 heterocycles. The van der Waals surface area contributed by atoms with Crippen LogP contribution in [0.3, 0.4) is 0 Å².